The van der Waals surface area contributed by atoms with E-state index in [9.17, 15) is 9.59 Å². The van der Waals surface area contributed by atoms with Crippen LogP contribution < -0.4 is 5.32 Å². The van der Waals surface area contributed by atoms with Crippen molar-refractivity contribution in [3.63, 3.8) is 0 Å². The van der Waals surface area contributed by atoms with Crippen molar-refractivity contribution >= 4 is 11.9 Å². The molecule has 1 saturated carbocycles. The van der Waals surface area contributed by atoms with E-state index in [2.05, 4.69) is 5.32 Å². The van der Waals surface area contributed by atoms with Crippen LogP contribution in [0.5, 0.6) is 0 Å². The van der Waals surface area contributed by atoms with Crippen LogP contribution >= 0.6 is 0 Å². The first-order valence-electron chi connectivity index (χ1n) is 7.19. The first kappa shape index (κ1) is 15.5. The molecule has 1 fully saturated rings. The lowest BCUT2D eigenvalue weighted by Crippen LogP contribution is -2.35. The molecule has 21 heavy (non-hydrogen) atoms. The minimum atomic E-state index is -0.868. The predicted molar refractivity (Wildman–Crippen MR) is 77.5 cm³/mol. The highest BCUT2D eigenvalue weighted by Crippen LogP contribution is 2.32. The Hall–Kier alpha value is -1.88. The molecule has 114 valence electrons. The molecule has 0 aliphatic heterocycles. The van der Waals surface area contributed by atoms with E-state index >= 15 is 0 Å². The molecule has 0 unspecified atom stereocenters. The molecule has 5 heteroatoms. The van der Waals surface area contributed by atoms with Crippen molar-refractivity contribution in [2.75, 3.05) is 7.11 Å². The highest BCUT2D eigenvalue weighted by Gasteiger charge is 2.37. The zero-order chi connectivity index (χ0) is 15.2. The number of carboxylic acid groups (broad SMARTS) is 1. The van der Waals surface area contributed by atoms with Crippen LogP contribution in [-0.4, -0.2) is 24.1 Å². The molecule has 0 bridgehead atoms. The van der Waals surface area contributed by atoms with Gasteiger partial charge in [-0.3, -0.25) is 9.59 Å². The van der Waals surface area contributed by atoms with E-state index in [0.717, 1.165) is 17.5 Å². The SMILES string of the molecule is COCc1ccccc1CNC(=O)[C@@H]1CCC[C@@H]1C(=O)O. The highest BCUT2D eigenvalue weighted by atomic mass is 16.5. The molecule has 0 spiro atoms. The fraction of sp³-hybridized carbons (Fsp3) is 0.500. The molecule has 0 saturated heterocycles. The van der Waals surface area contributed by atoms with Crippen LogP contribution in [0.4, 0.5) is 0 Å². The minimum Gasteiger partial charge on any atom is -0.481 e. The van der Waals surface area contributed by atoms with Crippen LogP contribution in [-0.2, 0) is 27.5 Å². The van der Waals surface area contributed by atoms with Gasteiger partial charge in [0.2, 0.25) is 5.91 Å². The van der Waals surface area contributed by atoms with Crippen molar-refractivity contribution in [1.82, 2.24) is 5.32 Å². The number of carbonyl (C=O) groups excluding carboxylic acids is 1. The molecule has 1 aromatic rings. The lowest BCUT2D eigenvalue weighted by Gasteiger charge is -2.16. The van der Waals surface area contributed by atoms with Gasteiger partial charge in [-0.05, 0) is 24.0 Å². The van der Waals surface area contributed by atoms with Crippen LogP contribution in [0.1, 0.15) is 30.4 Å². The molecule has 0 aromatic heterocycles. The molecular formula is C16H21NO4. The molecule has 2 atom stereocenters. The van der Waals surface area contributed by atoms with Crippen LogP contribution in [0.2, 0.25) is 0 Å². The monoisotopic (exact) mass is 291 g/mol. The summed E-state index contributed by atoms with van der Waals surface area (Å²) in [5.41, 5.74) is 2.03. The number of hydrogen-bond donors (Lipinski definition) is 2. The van der Waals surface area contributed by atoms with Gasteiger partial charge in [0.25, 0.3) is 0 Å². The van der Waals surface area contributed by atoms with Crippen LogP contribution in [0.15, 0.2) is 24.3 Å². The van der Waals surface area contributed by atoms with E-state index in [0.29, 0.717) is 26.0 Å². The Morgan fingerprint density at radius 2 is 1.90 bits per heavy atom. The molecule has 2 rings (SSSR count). The quantitative estimate of drug-likeness (QED) is 0.840. The first-order valence-corrected chi connectivity index (χ1v) is 7.19. The zero-order valence-corrected chi connectivity index (χ0v) is 12.2. The summed E-state index contributed by atoms with van der Waals surface area (Å²) in [6, 6.07) is 7.74. The van der Waals surface area contributed by atoms with Gasteiger partial charge in [-0.25, -0.2) is 0 Å². The summed E-state index contributed by atoms with van der Waals surface area (Å²) >= 11 is 0. The number of methoxy groups -OCH3 is 1. The minimum absolute atomic E-state index is 0.160. The van der Waals surface area contributed by atoms with Crippen molar-refractivity contribution in [1.29, 1.82) is 0 Å². The van der Waals surface area contributed by atoms with Gasteiger partial charge < -0.3 is 15.2 Å². The van der Waals surface area contributed by atoms with Crippen molar-refractivity contribution in [3.8, 4) is 0 Å². The largest absolute Gasteiger partial charge is 0.481 e. The highest BCUT2D eigenvalue weighted by molar-refractivity contribution is 5.85. The van der Waals surface area contributed by atoms with E-state index in [-0.39, 0.29) is 5.91 Å². The summed E-state index contributed by atoms with van der Waals surface area (Å²) in [7, 11) is 1.63. The number of nitrogens with one attached hydrogen (secondary N) is 1. The fourth-order valence-corrected chi connectivity index (χ4v) is 2.91. The maximum absolute atomic E-state index is 12.2. The smallest absolute Gasteiger partial charge is 0.307 e. The lowest BCUT2D eigenvalue weighted by molar-refractivity contribution is -0.146. The number of benzene rings is 1. The summed E-state index contributed by atoms with van der Waals surface area (Å²) in [5, 5.41) is 12.0. The van der Waals surface area contributed by atoms with Crippen LogP contribution in [0.3, 0.4) is 0 Å². The van der Waals surface area contributed by atoms with Gasteiger partial charge in [-0.1, -0.05) is 30.7 Å². The second-order valence-electron chi connectivity index (χ2n) is 5.40. The molecule has 0 heterocycles. The zero-order valence-electron chi connectivity index (χ0n) is 12.2. The van der Waals surface area contributed by atoms with Crippen LogP contribution in [0, 0.1) is 11.8 Å². The van der Waals surface area contributed by atoms with Gasteiger partial charge in [-0.15, -0.1) is 0 Å². The van der Waals surface area contributed by atoms with Gasteiger partial charge >= 0.3 is 5.97 Å². The average molecular weight is 291 g/mol. The van der Waals surface area contributed by atoms with E-state index in [4.69, 9.17) is 9.84 Å². The van der Waals surface area contributed by atoms with Gasteiger partial charge in [0.1, 0.15) is 0 Å². The van der Waals surface area contributed by atoms with Crippen molar-refractivity contribution in [2.24, 2.45) is 11.8 Å². The number of ether oxygens (including phenoxy) is 1. The molecule has 1 aromatic carbocycles. The number of aliphatic carboxylic acids is 1. The Morgan fingerprint density at radius 3 is 2.57 bits per heavy atom. The summed E-state index contributed by atoms with van der Waals surface area (Å²) in [6.45, 7) is 0.897. The molecule has 0 radical (unpaired) electrons. The Morgan fingerprint density at radius 1 is 1.24 bits per heavy atom. The van der Waals surface area contributed by atoms with Gasteiger partial charge in [0.05, 0.1) is 18.4 Å². The molecule has 1 amide bonds. The number of hydrogen-bond acceptors (Lipinski definition) is 3. The summed E-state index contributed by atoms with van der Waals surface area (Å²) in [6.07, 6.45) is 2.05. The molecule has 2 N–H and O–H groups in total. The topological polar surface area (TPSA) is 75.6 Å². The Kier molecular flexibility index (Phi) is 5.33. The van der Waals surface area contributed by atoms with Crippen molar-refractivity contribution in [2.45, 2.75) is 32.4 Å². The Bertz CT molecular complexity index is 515. The number of carbonyl (C=O) groups is 2. The summed E-state index contributed by atoms with van der Waals surface area (Å²) in [4.78, 5) is 23.3. The predicted octanol–water partition coefficient (Wildman–Crippen LogP) is 1.95. The van der Waals surface area contributed by atoms with Crippen LogP contribution in [0.25, 0.3) is 0 Å². The summed E-state index contributed by atoms with van der Waals surface area (Å²) in [5.74, 6) is -1.98. The second kappa shape index (κ2) is 7.22. The Labute approximate surface area is 124 Å². The second-order valence-corrected chi connectivity index (χ2v) is 5.40. The van der Waals surface area contributed by atoms with E-state index in [1.54, 1.807) is 7.11 Å². The lowest BCUT2D eigenvalue weighted by atomic mass is 9.95. The van der Waals surface area contributed by atoms with E-state index in [1.807, 2.05) is 24.3 Å². The molecule has 1 aliphatic rings. The maximum Gasteiger partial charge on any atom is 0.307 e. The van der Waals surface area contributed by atoms with E-state index < -0.39 is 17.8 Å². The molecule has 5 nitrogen and oxygen atoms in total. The molecular weight excluding hydrogens is 270 g/mol. The Balaban J connectivity index is 1.96. The first-order chi connectivity index (χ1) is 10.1. The normalized spacial score (nSPS) is 21.2. The maximum atomic E-state index is 12.2. The summed E-state index contributed by atoms with van der Waals surface area (Å²) < 4.78 is 5.13. The van der Waals surface area contributed by atoms with Gasteiger partial charge in [0.15, 0.2) is 0 Å². The number of rotatable bonds is 6. The third-order valence-electron chi connectivity index (χ3n) is 4.04. The van der Waals surface area contributed by atoms with E-state index in [1.165, 1.54) is 0 Å². The standard InChI is InChI=1S/C16H21NO4/c1-21-10-12-6-3-2-5-11(12)9-17-15(18)13-7-4-8-14(13)16(19)20/h2-3,5-6,13-14H,4,7-10H2,1H3,(H,17,18)(H,19,20)/t13-,14+/m1/s1. The third kappa shape index (κ3) is 3.82. The number of carboxylic acids is 1. The van der Waals surface area contributed by atoms with Gasteiger partial charge in [0, 0.05) is 13.7 Å². The van der Waals surface area contributed by atoms with Crippen molar-refractivity contribution < 1.29 is 19.4 Å². The van der Waals surface area contributed by atoms with Gasteiger partial charge in [-0.2, -0.15) is 0 Å². The third-order valence-corrected chi connectivity index (χ3v) is 4.04. The average Bonchev–Trinajstić information content (AvgIpc) is 2.96. The molecule has 1 aliphatic carbocycles. The fourth-order valence-electron chi connectivity index (χ4n) is 2.91. The van der Waals surface area contributed by atoms with Crippen molar-refractivity contribution in [3.05, 3.63) is 35.4 Å². The number of amides is 1.